The molecule has 0 unspecified atom stereocenters. The summed E-state index contributed by atoms with van der Waals surface area (Å²) < 4.78 is 27.3. The van der Waals surface area contributed by atoms with Crippen LogP contribution < -0.4 is 4.72 Å². The Labute approximate surface area is 130 Å². The summed E-state index contributed by atoms with van der Waals surface area (Å²) in [6.45, 7) is 0.0295. The van der Waals surface area contributed by atoms with Gasteiger partial charge in [-0.15, -0.1) is 0 Å². The molecular weight excluding hydrogens is 360 g/mol. The fraction of sp³-hybridized carbons (Fsp3) is 0.0769. The minimum absolute atomic E-state index is 0.0295. The Hall–Kier alpha value is -1.77. The maximum atomic E-state index is 12.1. The molecule has 2 aromatic rings. The van der Waals surface area contributed by atoms with Crippen LogP contribution in [0, 0.1) is 0 Å². The van der Waals surface area contributed by atoms with Crippen molar-refractivity contribution in [3.05, 3.63) is 58.3 Å². The van der Waals surface area contributed by atoms with Crippen molar-refractivity contribution in [3.8, 4) is 0 Å². The first-order valence-corrected chi connectivity index (χ1v) is 8.09. The summed E-state index contributed by atoms with van der Waals surface area (Å²) in [6, 6.07) is 9.17. The van der Waals surface area contributed by atoms with Gasteiger partial charge in [0, 0.05) is 17.2 Å². The van der Waals surface area contributed by atoms with E-state index >= 15 is 0 Å². The number of aromatic nitrogens is 1. The lowest BCUT2D eigenvalue weighted by Gasteiger charge is -2.07. The van der Waals surface area contributed by atoms with E-state index in [-0.39, 0.29) is 17.1 Å². The zero-order chi connectivity index (χ0) is 15.5. The maximum absolute atomic E-state index is 12.1. The van der Waals surface area contributed by atoms with Gasteiger partial charge in [0.1, 0.15) is 5.69 Å². The normalized spacial score (nSPS) is 11.3. The summed E-state index contributed by atoms with van der Waals surface area (Å²) in [5, 5.41) is 8.73. The molecule has 1 aromatic heterocycles. The van der Waals surface area contributed by atoms with Gasteiger partial charge in [-0.2, -0.15) is 0 Å². The van der Waals surface area contributed by atoms with Crippen LogP contribution in [0.3, 0.4) is 0 Å². The number of hydrogen-bond donors (Lipinski definition) is 2. The molecule has 0 atom stereocenters. The minimum Gasteiger partial charge on any atom is -0.477 e. The Bertz CT molecular complexity index is 760. The molecule has 0 radical (unpaired) electrons. The van der Waals surface area contributed by atoms with E-state index < -0.39 is 16.0 Å². The van der Waals surface area contributed by atoms with Crippen molar-refractivity contribution >= 4 is 31.9 Å². The molecule has 110 valence electrons. The average molecular weight is 371 g/mol. The van der Waals surface area contributed by atoms with Crippen LogP contribution in [0.25, 0.3) is 0 Å². The van der Waals surface area contributed by atoms with Crippen molar-refractivity contribution in [1.29, 1.82) is 0 Å². The second-order valence-electron chi connectivity index (χ2n) is 4.14. The number of hydrogen-bond acceptors (Lipinski definition) is 4. The summed E-state index contributed by atoms with van der Waals surface area (Å²) in [5.74, 6) is -1.13. The lowest BCUT2D eigenvalue weighted by Crippen LogP contribution is -2.23. The van der Waals surface area contributed by atoms with E-state index in [1.54, 1.807) is 12.1 Å². The highest BCUT2D eigenvalue weighted by Gasteiger charge is 2.14. The third-order valence-corrected chi connectivity index (χ3v) is 4.51. The highest BCUT2D eigenvalue weighted by molar-refractivity contribution is 9.10. The van der Waals surface area contributed by atoms with Gasteiger partial charge >= 0.3 is 5.97 Å². The Morgan fingerprint density at radius 2 is 2.05 bits per heavy atom. The van der Waals surface area contributed by atoms with E-state index in [1.165, 1.54) is 30.5 Å². The molecule has 0 bridgehead atoms. The number of halogens is 1. The molecule has 6 nitrogen and oxygen atoms in total. The summed E-state index contributed by atoms with van der Waals surface area (Å²) in [7, 11) is -3.63. The first-order chi connectivity index (χ1) is 9.88. The number of aromatic carboxylic acids is 1. The Balaban J connectivity index is 2.10. The van der Waals surface area contributed by atoms with Crippen molar-refractivity contribution in [1.82, 2.24) is 9.71 Å². The van der Waals surface area contributed by atoms with Crippen molar-refractivity contribution < 1.29 is 18.3 Å². The highest BCUT2D eigenvalue weighted by atomic mass is 79.9. The molecule has 0 amide bonds. The van der Waals surface area contributed by atoms with Crippen molar-refractivity contribution in [2.24, 2.45) is 0 Å². The predicted octanol–water partition coefficient (Wildman–Crippen LogP) is 2.02. The molecule has 1 aromatic carbocycles. The fourth-order valence-electron chi connectivity index (χ4n) is 1.55. The monoisotopic (exact) mass is 370 g/mol. The van der Waals surface area contributed by atoms with Crippen LogP contribution in [0.5, 0.6) is 0 Å². The van der Waals surface area contributed by atoms with Crippen LogP contribution in [0.4, 0.5) is 0 Å². The molecular formula is C13H11BrN2O4S. The lowest BCUT2D eigenvalue weighted by atomic mass is 10.2. The maximum Gasteiger partial charge on any atom is 0.354 e. The molecule has 0 aliphatic carbocycles. The van der Waals surface area contributed by atoms with Crippen LogP contribution in [-0.2, 0) is 16.6 Å². The highest BCUT2D eigenvalue weighted by Crippen LogP contribution is 2.16. The van der Waals surface area contributed by atoms with E-state index in [2.05, 4.69) is 25.6 Å². The molecule has 0 saturated heterocycles. The topological polar surface area (TPSA) is 96.4 Å². The lowest BCUT2D eigenvalue weighted by molar-refractivity contribution is 0.0690. The Morgan fingerprint density at radius 3 is 2.62 bits per heavy atom. The zero-order valence-electron chi connectivity index (χ0n) is 10.7. The number of rotatable bonds is 5. The van der Waals surface area contributed by atoms with Gasteiger partial charge in [-0.05, 0) is 29.8 Å². The number of nitrogens with one attached hydrogen (secondary N) is 1. The number of carbonyl (C=O) groups is 1. The zero-order valence-corrected chi connectivity index (χ0v) is 13.1. The first kappa shape index (κ1) is 15.6. The predicted molar refractivity (Wildman–Crippen MR) is 79.4 cm³/mol. The fourth-order valence-corrected chi connectivity index (χ4v) is 3.17. The number of sulfonamides is 1. The number of benzene rings is 1. The van der Waals surface area contributed by atoms with E-state index in [4.69, 9.17) is 5.11 Å². The average Bonchev–Trinajstić information content (AvgIpc) is 2.45. The second kappa shape index (κ2) is 6.33. The Morgan fingerprint density at radius 1 is 1.29 bits per heavy atom. The van der Waals surface area contributed by atoms with Gasteiger partial charge in [0.2, 0.25) is 10.0 Å². The van der Waals surface area contributed by atoms with Crippen LogP contribution in [0.2, 0.25) is 0 Å². The molecule has 0 aliphatic heterocycles. The van der Waals surface area contributed by atoms with Gasteiger partial charge in [-0.3, -0.25) is 0 Å². The third kappa shape index (κ3) is 4.10. The smallest absolute Gasteiger partial charge is 0.354 e. The van der Waals surface area contributed by atoms with Gasteiger partial charge in [-0.1, -0.05) is 28.1 Å². The first-order valence-electron chi connectivity index (χ1n) is 5.82. The van der Waals surface area contributed by atoms with Crippen molar-refractivity contribution in [2.75, 3.05) is 0 Å². The van der Waals surface area contributed by atoms with Crippen LogP contribution in [0.1, 0.15) is 16.1 Å². The number of pyridine rings is 1. The van der Waals surface area contributed by atoms with E-state index in [0.717, 1.165) is 0 Å². The Kier molecular flexibility index (Phi) is 4.71. The van der Waals surface area contributed by atoms with Gasteiger partial charge in [0.25, 0.3) is 0 Å². The molecule has 1 heterocycles. The van der Waals surface area contributed by atoms with Crippen molar-refractivity contribution in [2.45, 2.75) is 11.4 Å². The van der Waals surface area contributed by atoms with E-state index in [0.29, 0.717) is 10.0 Å². The minimum atomic E-state index is -3.63. The summed E-state index contributed by atoms with van der Waals surface area (Å²) >= 11 is 3.21. The van der Waals surface area contributed by atoms with Crippen LogP contribution >= 0.6 is 15.9 Å². The summed E-state index contributed by atoms with van der Waals surface area (Å²) in [4.78, 5) is 14.5. The molecule has 21 heavy (non-hydrogen) atoms. The number of carboxylic acids is 1. The molecule has 0 saturated carbocycles. The quantitative estimate of drug-likeness (QED) is 0.838. The van der Waals surface area contributed by atoms with Gasteiger partial charge < -0.3 is 5.11 Å². The van der Waals surface area contributed by atoms with Gasteiger partial charge in [-0.25, -0.2) is 22.9 Å². The third-order valence-electron chi connectivity index (χ3n) is 2.62. The molecule has 0 aliphatic rings. The van der Waals surface area contributed by atoms with Gasteiger partial charge in [0.15, 0.2) is 0 Å². The molecule has 2 N–H and O–H groups in total. The number of nitrogens with zero attached hydrogens (tertiary/aromatic N) is 1. The molecule has 0 fully saturated rings. The van der Waals surface area contributed by atoms with Crippen molar-refractivity contribution in [3.63, 3.8) is 0 Å². The molecule has 0 spiro atoms. The standard InChI is InChI=1S/C13H11BrN2O4S/c14-10-2-1-3-11(6-10)21(19,20)16-8-9-4-5-12(13(17)18)15-7-9/h1-7,16H,8H2,(H,17,18). The summed E-state index contributed by atoms with van der Waals surface area (Å²) in [6.07, 6.45) is 1.33. The van der Waals surface area contributed by atoms with E-state index in [1.807, 2.05) is 0 Å². The van der Waals surface area contributed by atoms with Gasteiger partial charge in [0.05, 0.1) is 4.90 Å². The summed E-state index contributed by atoms with van der Waals surface area (Å²) in [5.41, 5.74) is 0.479. The van der Waals surface area contributed by atoms with E-state index in [9.17, 15) is 13.2 Å². The number of carboxylic acid groups (broad SMARTS) is 1. The molecule has 2 rings (SSSR count). The SMILES string of the molecule is O=C(O)c1ccc(CNS(=O)(=O)c2cccc(Br)c2)cn1. The van der Waals surface area contributed by atoms with Crippen LogP contribution in [0.15, 0.2) is 52.0 Å². The second-order valence-corrected chi connectivity index (χ2v) is 6.82. The van der Waals surface area contributed by atoms with Crippen LogP contribution in [-0.4, -0.2) is 24.5 Å². The largest absolute Gasteiger partial charge is 0.477 e. The molecule has 8 heteroatoms.